The fourth-order valence-corrected chi connectivity index (χ4v) is 8.74. The van der Waals surface area contributed by atoms with E-state index in [1.54, 1.807) is 11.1 Å². The maximum absolute atomic E-state index is 11.1. The van der Waals surface area contributed by atoms with Crippen LogP contribution in [0.5, 0.6) is 0 Å². The van der Waals surface area contributed by atoms with Crippen LogP contribution in [0.1, 0.15) is 115 Å². The zero-order valence-corrected chi connectivity index (χ0v) is 28.6. The third kappa shape index (κ3) is 7.88. The van der Waals surface area contributed by atoms with Crippen LogP contribution in [-0.4, -0.2) is 48.1 Å². The molecular weight excluding hydrogens is 562 g/mol. The maximum Gasteiger partial charge on any atom is 0.176 e. The van der Waals surface area contributed by atoms with E-state index in [0.29, 0.717) is 36.6 Å². The molecular formula is C39H59NO5. The topological polar surface area (TPSA) is 88.0 Å². The lowest BCUT2D eigenvalue weighted by molar-refractivity contribution is -0.312. The zero-order valence-electron chi connectivity index (χ0n) is 28.6. The Hall–Kier alpha value is -2.15. The summed E-state index contributed by atoms with van der Waals surface area (Å²) in [6, 6.07) is 9.27. The number of allylic oxidation sites excluding steroid dienone is 2. The molecule has 45 heavy (non-hydrogen) atoms. The number of fused-ring (bicyclic) bond motifs is 4. The second-order valence-electron chi connectivity index (χ2n) is 16.1. The molecule has 1 heterocycles. The van der Waals surface area contributed by atoms with Gasteiger partial charge in [0, 0.05) is 37.1 Å². The number of hydrogen-bond acceptors (Lipinski definition) is 6. The molecule has 0 bridgehead atoms. The normalized spacial score (nSPS) is 34.1. The number of aldehydes is 1. The minimum atomic E-state index is -0.358. The Bertz CT molecular complexity index is 1210. The second-order valence-corrected chi connectivity index (χ2v) is 16.1. The van der Waals surface area contributed by atoms with Gasteiger partial charge in [-0.3, -0.25) is 0 Å². The van der Waals surface area contributed by atoms with Gasteiger partial charge in [0.1, 0.15) is 6.29 Å². The predicted molar refractivity (Wildman–Crippen MR) is 180 cm³/mol. The van der Waals surface area contributed by atoms with E-state index in [1.807, 2.05) is 0 Å². The number of aliphatic hydroxyl groups excluding tert-OH is 2. The van der Waals surface area contributed by atoms with Gasteiger partial charge in [-0.1, -0.05) is 81.5 Å². The van der Waals surface area contributed by atoms with Crippen molar-refractivity contribution in [2.45, 2.75) is 123 Å². The van der Waals surface area contributed by atoms with Crippen molar-refractivity contribution in [2.75, 3.05) is 19.8 Å². The van der Waals surface area contributed by atoms with E-state index in [1.165, 1.54) is 43.2 Å². The number of aryl methyl sites for hydroxylation is 1. The number of carbonyl (C=O) groups is 1. The van der Waals surface area contributed by atoms with E-state index < -0.39 is 0 Å². The van der Waals surface area contributed by atoms with Crippen LogP contribution in [0.3, 0.4) is 0 Å². The monoisotopic (exact) mass is 621 g/mol. The van der Waals surface area contributed by atoms with Crippen LogP contribution in [0.4, 0.5) is 0 Å². The fourth-order valence-electron chi connectivity index (χ4n) is 8.74. The van der Waals surface area contributed by atoms with Crippen molar-refractivity contribution < 1.29 is 24.5 Å². The summed E-state index contributed by atoms with van der Waals surface area (Å²) in [6.45, 7) is 16.5. The number of aliphatic hydroxyl groups is 2. The average molecular weight is 622 g/mol. The van der Waals surface area contributed by atoms with Crippen LogP contribution in [0.2, 0.25) is 0 Å². The van der Waals surface area contributed by atoms with E-state index in [0.717, 1.165) is 57.5 Å². The molecule has 1 saturated heterocycles. The quantitative estimate of drug-likeness (QED) is 0.133. The Kier molecular flexibility index (Phi) is 10.6. The van der Waals surface area contributed by atoms with Crippen molar-refractivity contribution in [3.8, 4) is 0 Å². The molecule has 3 N–H and O–H groups in total. The van der Waals surface area contributed by atoms with Crippen LogP contribution in [0.15, 0.2) is 47.9 Å². The molecule has 6 heteroatoms. The largest absolute Gasteiger partial charge is 0.495 e. The molecule has 1 aromatic rings. The highest BCUT2D eigenvalue weighted by Crippen LogP contribution is 2.65. The fraction of sp³-hybridized carbons (Fsp3) is 0.718. The van der Waals surface area contributed by atoms with E-state index in [4.69, 9.17) is 14.6 Å². The van der Waals surface area contributed by atoms with Gasteiger partial charge < -0.3 is 29.8 Å². The number of rotatable bonds is 5. The van der Waals surface area contributed by atoms with Crippen LogP contribution < -0.4 is 5.32 Å². The van der Waals surface area contributed by atoms with Gasteiger partial charge in [0.2, 0.25) is 0 Å². The van der Waals surface area contributed by atoms with Gasteiger partial charge >= 0.3 is 0 Å². The first-order valence-electron chi connectivity index (χ1n) is 17.7. The van der Waals surface area contributed by atoms with Crippen molar-refractivity contribution in [2.24, 2.45) is 34.5 Å². The molecule has 0 radical (unpaired) electrons. The first-order chi connectivity index (χ1) is 21.4. The summed E-state index contributed by atoms with van der Waals surface area (Å²) in [4.78, 5) is 9.64. The van der Waals surface area contributed by atoms with Gasteiger partial charge in [-0.15, -0.1) is 0 Å². The standard InChI is InChI=1S/C30H42O3.C5H9NO2.C4H8/c1-19-5-7-20(8-6-19)24-16-29(4)25(11-12-26(29)31)23-10-9-21-15-30(14-13-22(21)27(23)24)32-17-28(2,3)18-33-30;1-5(8)6-3-2-4-7;1-4-2-3-4/h5-8,21,23-26,31H,9-18H2,1-4H3;4,6,8H,1-3H2;4H,2-3H2,1H3. The minimum absolute atomic E-state index is 0.0498. The highest BCUT2D eigenvalue weighted by Gasteiger charge is 2.57. The molecule has 6 unspecified atom stereocenters. The molecule has 250 valence electrons. The van der Waals surface area contributed by atoms with Crippen molar-refractivity contribution >= 4 is 6.29 Å². The Balaban J connectivity index is 0.000000282. The lowest BCUT2D eigenvalue weighted by Gasteiger charge is -2.55. The van der Waals surface area contributed by atoms with Gasteiger partial charge in [0.15, 0.2) is 11.7 Å². The number of benzene rings is 1. The van der Waals surface area contributed by atoms with E-state index in [-0.39, 0.29) is 28.6 Å². The first kappa shape index (κ1) is 34.2. The Morgan fingerprint density at radius 3 is 2.29 bits per heavy atom. The van der Waals surface area contributed by atoms with Gasteiger partial charge in [0.25, 0.3) is 0 Å². The highest BCUT2D eigenvalue weighted by atomic mass is 16.7. The predicted octanol–water partition coefficient (Wildman–Crippen LogP) is 8.15. The van der Waals surface area contributed by atoms with Gasteiger partial charge in [-0.05, 0) is 86.7 Å². The van der Waals surface area contributed by atoms with E-state index >= 15 is 0 Å². The molecule has 5 aliphatic carbocycles. The number of ether oxygens (including phenoxy) is 2. The SMILES string of the molecule is C=C(O)NCCC=O.CC1CC1.Cc1ccc(C2CC3(C)C(O)CCC3C3CCC4CC5(CCC4=C23)OCC(C)(C)CO5)cc1. The number of carbonyl (C=O) groups excluding carboxylic acids is 1. The third-order valence-corrected chi connectivity index (χ3v) is 11.7. The smallest absolute Gasteiger partial charge is 0.176 e. The van der Waals surface area contributed by atoms with Crippen LogP contribution in [-0.2, 0) is 14.3 Å². The van der Waals surface area contributed by atoms with Crippen LogP contribution in [0, 0.1) is 41.4 Å². The van der Waals surface area contributed by atoms with Crippen molar-refractivity contribution in [3.63, 3.8) is 0 Å². The van der Waals surface area contributed by atoms with Crippen LogP contribution in [0.25, 0.3) is 0 Å². The average Bonchev–Trinajstić information content (AvgIpc) is 3.74. The number of nitrogens with one attached hydrogen (secondary N) is 1. The summed E-state index contributed by atoms with van der Waals surface area (Å²) in [5.74, 6) is 2.95. The summed E-state index contributed by atoms with van der Waals surface area (Å²) in [6.07, 6.45) is 12.9. The summed E-state index contributed by atoms with van der Waals surface area (Å²) in [5.41, 5.74) is 6.45. The molecule has 6 aliphatic rings. The zero-order chi connectivity index (χ0) is 32.4. The van der Waals surface area contributed by atoms with Gasteiger partial charge in [-0.2, -0.15) is 0 Å². The van der Waals surface area contributed by atoms with Gasteiger partial charge in [0.05, 0.1) is 19.3 Å². The second kappa shape index (κ2) is 13.9. The summed E-state index contributed by atoms with van der Waals surface area (Å²) in [5, 5.41) is 21.9. The van der Waals surface area contributed by atoms with Gasteiger partial charge in [-0.25, -0.2) is 0 Å². The molecule has 5 fully saturated rings. The first-order valence-corrected chi connectivity index (χ1v) is 17.7. The molecule has 1 spiro atoms. The number of hydrogen-bond donors (Lipinski definition) is 3. The summed E-state index contributed by atoms with van der Waals surface area (Å²) < 4.78 is 12.9. The summed E-state index contributed by atoms with van der Waals surface area (Å²) in [7, 11) is 0. The Morgan fingerprint density at radius 1 is 1.02 bits per heavy atom. The minimum Gasteiger partial charge on any atom is -0.495 e. The van der Waals surface area contributed by atoms with Crippen molar-refractivity contribution in [1.82, 2.24) is 5.32 Å². The molecule has 6 atom stereocenters. The lowest BCUT2D eigenvalue weighted by Crippen LogP contribution is -2.52. The molecule has 1 aliphatic heterocycles. The molecule has 0 aromatic heterocycles. The molecule has 7 rings (SSSR count). The molecule has 0 amide bonds. The lowest BCUT2D eigenvalue weighted by atomic mass is 9.52. The maximum atomic E-state index is 11.1. The molecule has 1 aromatic carbocycles. The highest BCUT2D eigenvalue weighted by molar-refractivity contribution is 5.49. The van der Waals surface area contributed by atoms with E-state index in [9.17, 15) is 9.90 Å². The third-order valence-electron chi connectivity index (χ3n) is 11.7. The van der Waals surface area contributed by atoms with Crippen molar-refractivity contribution in [1.29, 1.82) is 0 Å². The van der Waals surface area contributed by atoms with Crippen LogP contribution >= 0.6 is 0 Å². The van der Waals surface area contributed by atoms with Crippen molar-refractivity contribution in [3.05, 3.63) is 59.0 Å². The molecule has 4 saturated carbocycles. The Morgan fingerprint density at radius 2 is 1.69 bits per heavy atom. The molecule has 6 nitrogen and oxygen atoms in total. The summed E-state index contributed by atoms with van der Waals surface area (Å²) >= 11 is 0. The van der Waals surface area contributed by atoms with E-state index in [2.05, 4.69) is 70.8 Å². The Labute approximate surface area is 272 Å².